The summed E-state index contributed by atoms with van der Waals surface area (Å²) in [6.07, 6.45) is 0. The molecular formula is C17H16ClNO4. The van der Waals surface area contributed by atoms with Crippen LogP contribution in [0, 0.1) is 0 Å². The van der Waals surface area contributed by atoms with Gasteiger partial charge in [-0.15, -0.1) is 0 Å². The minimum absolute atomic E-state index is 0.0572. The van der Waals surface area contributed by atoms with E-state index in [2.05, 4.69) is 0 Å². The van der Waals surface area contributed by atoms with E-state index in [-0.39, 0.29) is 18.0 Å². The highest BCUT2D eigenvalue weighted by Gasteiger charge is 2.13. The number of halogens is 1. The second-order valence-electron chi connectivity index (χ2n) is 4.88. The van der Waals surface area contributed by atoms with Crippen molar-refractivity contribution in [3.05, 3.63) is 58.1 Å². The molecule has 0 bridgehead atoms. The summed E-state index contributed by atoms with van der Waals surface area (Å²) in [6.45, 7) is 1.60. The molecule has 0 spiro atoms. The monoisotopic (exact) mass is 333 g/mol. The average Bonchev–Trinajstić information content (AvgIpc) is 2.53. The molecule has 0 aromatic heterocycles. The lowest BCUT2D eigenvalue weighted by atomic mass is 10.1. The number of hydrogen-bond acceptors (Lipinski definition) is 4. The highest BCUT2D eigenvalue weighted by molar-refractivity contribution is 6.31. The molecule has 0 unspecified atom stereocenters. The SMILES string of the molecule is COc1ccc(C(C)=O)cc1COc1ccc(Cl)cc1C(N)=O. The highest BCUT2D eigenvalue weighted by atomic mass is 35.5. The highest BCUT2D eigenvalue weighted by Crippen LogP contribution is 2.26. The number of ketones is 1. The molecule has 0 radical (unpaired) electrons. The lowest BCUT2D eigenvalue weighted by molar-refractivity contribution is 0.0993. The molecule has 2 aromatic rings. The third-order valence-corrected chi connectivity index (χ3v) is 3.51. The van der Waals surface area contributed by atoms with E-state index < -0.39 is 5.91 Å². The fourth-order valence-electron chi connectivity index (χ4n) is 2.09. The van der Waals surface area contributed by atoms with E-state index in [1.54, 1.807) is 30.3 Å². The predicted molar refractivity (Wildman–Crippen MR) is 87.3 cm³/mol. The number of carbonyl (C=O) groups excluding carboxylic acids is 2. The van der Waals surface area contributed by atoms with E-state index in [9.17, 15) is 9.59 Å². The van der Waals surface area contributed by atoms with Gasteiger partial charge in [0.1, 0.15) is 18.1 Å². The van der Waals surface area contributed by atoms with Gasteiger partial charge in [0.2, 0.25) is 0 Å². The van der Waals surface area contributed by atoms with Crippen LogP contribution >= 0.6 is 11.6 Å². The molecule has 0 saturated heterocycles. The van der Waals surface area contributed by atoms with Crippen LogP contribution in [0.4, 0.5) is 0 Å². The van der Waals surface area contributed by atoms with Crippen LogP contribution in [0.15, 0.2) is 36.4 Å². The number of rotatable bonds is 6. The van der Waals surface area contributed by atoms with Crippen molar-refractivity contribution >= 4 is 23.3 Å². The molecule has 1 amide bonds. The molecular weight excluding hydrogens is 318 g/mol. The van der Waals surface area contributed by atoms with Crippen LogP contribution in [-0.4, -0.2) is 18.8 Å². The number of nitrogens with two attached hydrogens (primary N) is 1. The standard InChI is InChI=1S/C17H16ClNO4/c1-10(20)11-3-5-15(22-2)12(7-11)9-23-16-6-4-13(18)8-14(16)17(19)21/h3-8H,9H2,1-2H3,(H2,19,21). The van der Waals surface area contributed by atoms with Gasteiger partial charge in [0.25, 0.3) is 5.91 Å². The molecule has 120 valence electrons. The third-order valence-electron chi connectivity index (χ3n) is 3.28. The van der Waals surface area contributed by atoms with E-state index >= 15 is 0 Å². The van der Waals surface area contributed by atoms with Crippen LogP contribution in [0.2, 0.25) is 5.02 Å². The van der Waals surface area contributed by atoms with Crippen molar-refractivity contribution in [3.8, 4) is 11.5 Å². The minimum Gasteiger partial charge on any atom is -0.496 e. The topological polar surface area (TPSA) is 78.6 Å². The molecule has 2 aromatic carbocycles. The summed E-state index contributed by atoms with van der Waals surface area (Å²) in [4.78, 5) is 23.0. The summed E-state index contributed by atoms with van der Waals surface area (Å²) in [5, 5.41) is 0.391. The largest absolute Gasteiger partial charge is 0.496 e. The fraction of sp³-hybridized carbons (Fsp3) is 0.176. The van der Waals surface area contributed by atoms with Crippen molar-refractivity contribution in [2.24, 2.45) is 5.73 Å². The fourth-order valence-corrected chi connectivity index (χ4v) is 2.26. The zero-order valence-electron chi connectivity index (χ0n) is 12.8. The van der Waals surface area contributed by atoms with Gasteiger partial charge < -0.3 is 15.2 Å². The van der Waals surface area contributed by atoms with Crippen molar-refractivity contribution in [1.29, 1.82) is 0 Å². The molecule has 0 aliphatic rings. The second-order valence-corrected chi connectivity index (χ2v) is 5.31. The number of carbonyl (C=O) groups is 2. The minimum atomic E-state index is -0.632. The number of ether oxygens (including phenoxy) is 2. The van der Waals surface area contributed by atoms with Crippen molar-refractivity contribution in [1.82, 2.24) is 0 Å². The van der Waals surface area contributed by atoms with E-state index in [1.807, 2.05) is 0 Å². The van der Waals surface area contributed by atoms with Crippen LogP contribution < -0.4 is 15.2 Å². The van der Waals surface area contributed by atoms with E-state index in [0.29, 0.717) is 27.6 Å². The van der Waals surface area contributed by atoms with Gasteiger partial charge in [-0.25, -0.2) is 0 Å². The molecule has 0 fully saturated rings. The van der Waals surface area contributed by atoms with Crippen LogP contribution in [0.1, 0.15) is 33.2 Å². The van der Waals surface area contributed by atoms with Gasteiger partial charge in [-0.3, -0.25) is 9.59 Å². The molecule has 0 saturated carbocycles. The quantitative estimate of drug-likeness (QED) is 0.823. The smallest absolute Gasteiger partial charge is 0.252 e. The maximum atomic E-state index is 11.5. The zero-order valence-corrected chi connectivity index (χ0v) is 13.5. The van der Waals surface area contributed by atoms with Gasteiger partial charge >= 0.3 is 0 Å². The Morgan fingerprint density at radius 3 is 2.43 bits per heavy atom. The Labute approximate surface area is 139 Å². The van der Waals surface area contributed by atoms with E-state index in [1.165, 1.54) is 20.1 Å². The summed E-state index contributed by atoms with van der Waals surface area (Å²) in [5.41, 5.74) is 6.76. The molecule has 5 nitrogen and oxygen atoms in total. The summed E-state index contributed by atoms with van der Waals surface area (Å²) in [5.74, 6) is 0.215. The maximum absolute atomic E-state index is 11.5. The molecule has 2 rings (SSSR count). The first-order valence-electron chi connectivity index (χ1n) is 6.82. The normalized spacial score (nSPS) is 10.2. The zero-order chi connectivity index (χ0) is 17.0. The molecule has 0 heterocycles. The maximum Gasteiger partial charge on any atom is 0.252 e. The number of amides is 1. The number of Topliss-reactive ketones (excluding diaryl/α,β-unsaturated/α-hetero) is 1. The molecule has 0 aliphatic heterocycles. The Hall–Kier alpha value is -2.53. The molecule has 0 aliphatic carbocycles. The molecule has 0 atom stereocenters. The van der Waals surface area contributed by atoms with Crippen molar-refractivity contribution in [2.45, 2.75) is 13.5 Å². The molecule has 23 heavy (non-hydrogen) atoms. The van der Waals surface area contributed by atoms with Gasteiger partial charge in [-0.1, -0.05) is 11.6 Å². The van der Waals surface area contributed by atoms with Gasteiger partial charge in [-0.2, -0.15) is 0 Å². The first-order chi connectivity index (χ1) is 10.9. The van der Waals surface area contributed by atoms with Gasteiger partial charge in [0, 0.05) is 16.1 Å². The van der Waals surface area contributed by atoms with Gasteiger partial charge in [0.15, 0.2) is 5.78 Å². The second kappa shape index (κ2) is 7.15. The van der Waals surface area contributed by atoms with Crippen LogP contribution in [0.25, 0.3) is 0 Å². The Kier molecular flexibility index (Phi) is 5.24. The molecule has 2 N–H and O–H groups in total. The summed E-state index contributed by atoms with van der Waals surface area (Å²) >= 11 is 5.86. The lowest BCUT2D eigenvalue weighted by Crippen LogP contribution is -2.13. The Balaban J connectivity index is 2.29. The number of primary amides is 1. The lowest BCUT2D eigenvalue weighted by Gasteiger charge is -2.13. The average molecular weight is 334 g/mol. The third kappa shape index (κ3) is 4.02. The van der Waals surface area contributed by atoms with Crippen LogP contribution in [0.3, 0.4) is 0 Å². The van der Waals surface area contributed by atoms with E-state index in [4.69, 9.17) is 26.8 Å². The number of hydrogen-bond donors (Lipinski definition) is 1. The number of benzene rings is 2. The Morgan fingerprint density at radius 1 is 1.13 bits per heavy atom. The Morgan fingerprint density at radius 2 is 1.83 bits per heavy atom. The Bertz CT molecular complexity index is 758. The van der Waals surface area contributed by atoms with Gasteiger partial charge in [-0.05, 0) is 43.3 Å². The molecule has 6 heteroatoms. The van der Waals surface area contributed by atoms with E-state index in [0.717, 1.165) is 0 Å². The summed E-state index contributed by atoms with van der Waals surface area (Å²) in [6, 6.07) is 9.70. The first-order valence-corrected chi connectivity index (χ1v) is 7.20. The summed E-state index contributed by atoms with van der Waals surface area (Å²) < 4.78 is 10.9. The first kappa shape index (κ1) is 16.8. The predicted octanol–water partition coefficient (Wildman–Crippen LogP) is 3.23. The van der Waals surface area contributed by atoms with Gasteiger partial charge in [0.05, 0.1) is 12.7 Å². The van der Waals surface area contributed by atoms with Crippen LogP contribution in [0.5, 0.6) is 11.5 Å². The summed E-state index contributed by atoms with van der Waals surface area (Å²) in [7, 11) is 1.53. The van der Waals surface area contributed by atoms with Crippen molar-refractivity contribution in [2.75, 3.05) is 7.11 Å². The van der Waals surface area contributed by atoms with Crippen molar-refractivity contribution in [3.63, 3.8) is 0 Å². The van der Waals surface area contributed by atoms with Crippen LogP contribution in [-0.2, 0) is 6.61 Å². The number of methoxy groups -OCH3 is 1. The van der Waals surface area contributed by atoms with Crippen molar-refractivity contribution < 1.29 is 19.1 Å².